The maximum atomic E-state index is 5.68. The van der Waals surface area contributed by atoms with E-state index in [-0.39, 0.29) is 5.95 Å². The van der Waals surface area contributed by atoms with Crippen LogP contribution in [0.25, 0.3) is 0 Å². The fourth-order valence-corrected chi connectivity index (χ4v) is 1.72. The smallest absolute Gasteiger partial charge is 0.223 e. The molecule has 4 N–H and O–H groups in total. The van der Waals surface area contributed by atoms with Crippen LogP contribution in [0.4, 0.5) is 17.6 Å². The molecule has 1 aromatic heterocycles. The molecule has 0 fully saturated rings. The molecule has 0 saturated carbocycles. The Morgan fingerprint density at radius 3 is 2.47 bits per heavy atom. The lowest BCUT2D eigenvalue weighted by atomic mass is 10.2. The van der Waals surface area contributed by atoms with E-state index in [0.717, 1.165) is 37.7 Å². The first-order valence-electron chi connectivity index (χ1n) is 6.89. The maximum Gasteiger partial charge on any atom is 0.223 e. The van der Waals surface area contributed by atoms with Crippen LogP contribution in [0.3, 0.4) is 0 Å². The van der Waals surface area contributed by atoms with Gasteiger partial charge in [-0.2, -0.15) is 9.97 Å². The molecule has 1 rings (SSSR count). The van der Waals surface area contributed by atoms with E-state index in [2.05, 4.69) is 46.4 Å². The van der Waals surface area contributed by atoms with Gasteiger partial charge in [0.05, 0.1) is 0 Å². The van der Waals surface area contributed by atoms with Crippen molar-refractivity contribution in [3.05, 3.63) is 6.07 Å². The summed E-state index contributed by atoms with van der Waals surface area (Å²) in [7, 11) is 2.13. The van der Waals surface area contributed by atoms with Gasteiger partial charge in [0.25, 0.3) is 0 Å². The topological polar surface area (TPSA) is 79.1 Å². The second kappa shape index (κ2) is 7.78. The van der Waals surface area contributed by atoms with Crippen molar-refractivity contribution >= 4 is 17.6 Å². The molecule has 1 heterocycles. The molecule has 0 aliphatic heterocycles. The van der Waals surface area contributed by atoms with E-state index in [4.69, 9.17) is 5.73 Å². The van der Waals surface area contributed by atoms with Crippen molar-refractivity contribution < 1.29 is 0 Å². The first-order valence-corrected chi connectivity index (χ1v) is 6.89. The van der Waals surface area contributed by atoms with Gasteiger partial charge in [-0.3, -0.25) is 0 Å². The predicted molar refractivity (Wildman–Crippen MR) is 81.5 cm³/mol. The molecule has 0 amide bonds. The zero-order valence-electron chi connectivity index (χ0n) is 12.4. The van der Waals surface area contributed by atoms with E-state index in [1.54, 1.807) is 0 Å². The highest BCUT2D eigenvalue weighted by atomic mass is 15.2. The first-order chi connectivity index (χ1) is 9.06. The van der Waals surface area contributed by atoms with Gasteiger partial charge in [-0.15, -0.1) is 0 Å². The second-order valence-electron chi connectivity index (χ2n) is 4.69. The molecule has 108 valence electrons. The van der Waals surface area contributed by atoms with Gasteiger partial charge < -0.3 is 21.3 Å². The fraction of sp³-hybridized carbons (Fsp3) is 0.692. The van der Waals surface area contributed by atoms with E-state index in [1.165, 1.54) is 0 Å². The Morgan fingerprint density at radius 2 is 1.89 bits per heavy atom. The SMILES string of the molecule is CCNc1cc(NCCN(C)C(C)CC)nc(N)n1. The molecule has 0 radical (unpaired) electrons. The standard InChI is InChI=1S/C13H26N6/c1-5-10(3)19(4)8-7-16-12-9-11(15-6-2)17-13(14)18-12/h9-10H,5-8H2,1-4H3,(H4,14,15,16,17,18). The minimum absolute atomic E-state index is 0.288. The number of rotatable bonds is 8. The van der Waals surface area contributed by atoms with Crippen molar-refractivity contribution in [2.45, 2.75) is 33.2 Å². The number of nitrogens with one attached hydrogen (secondary N) is 2. The van der Waals surface area contributed by atoms with Crippen molar-refractivity contribution in [3.63, 3.8) is 0 Å². The highest BCUT2D eigenvalue weighted by Crippen LogP contribution is 2.12. The van der Waals surface area contributed by atoms with Gasteiger partial charge >= 0.3 is 0 Å². The van der Waals surface area contributed by atoms with E-state index < -0.39 is 0 Å². The van der Waals surface area contributed by atoms with Gasteiger partial charge in [-0.05, 0) is 27.3 Å². The highest BCUT2D eigenvalue weighted by Gasteiger charge is 2.06. The summed E-state index contributed by atoms with van der Waals surface area (Å²) in [5, 5.41) is 6.42. The van der Waals surface area contributed by atoms with Gasteiger partial charge in [-0.25, -0.2) is 0 Å². The summed E-state index contributed by atoms with van der Waals surface area (Å²) in [5.41, 5.74) is 5.68. The van der Waals surface area contributed by atoms with Crippen LogP contribution in [-0.2, 0) is 0 Å². The molecule has 0 aliphatic carbocycles. The first kappa shape index (κ1) is 15.5. The average Bonchev–Trinajstić information content (AvgIpc) is 2.37. The molecule has 0 aromatic carbocycles. The van der Waals surface area contributed by atoms with Crippen LogP contribution in [0.5, 0.6) is 0 Å². The van der Waals surface area contributed by atoms with Crippen molar-refractivity contribution in [1.82, 2.24) is 14.9 Å². The van der Waals surface area contributed by atoms with E-state index in [1.807, 2.05) is 13.0 Å². The molecule has 1 atom stereocenters. The zero-order chi connectivity index (χ0) is 14.3. The third-order valence-electron chi connectivity index (χ3n) is 3.22. The van der Waals surface area contributed by atoms with E-state index in [0.29, 0.717) is 6.04 Å². The molecule has 0 saturated heterocycles. The summed E-state index contributed by atoms with van der Waals surface area (Å²) in [6.07, 6.45) is 1.15. The number of nitrogens with two attached hydrogens (primary N) is 1. The third kappa shape index (κ3) is 5.30. The quantitative estimate of drug-likeness (QED) is 0.664. The molecule has 0 bridgehead atoms. The monoisotopic (exact) mass is 266 g/mol. The van der Waals surface area contributed by atoms with Crippen LogP contribution in [0.1, 0.15) is 27.2 Å². The number of hydrogen-bond acceptors (Lipinski definition) is 6. The lowest BCUT2D eigenvalue weighted by Crippen LogP contribution is -2.32. The van der Waals surface area contributed by atoms with Crippen LogP contribution in [0, 0.1) is 0 Å². The molecule has 6 nitrogen and oxygen atoms in total. The summed E-state index contributed by atoms with van der Waals surface area (Å²) in [6, 6.07) is 2.47. The number of likely N-dealkylation sites (N-methyl/N-ethyl adjacent to an activating group) is 1. The normalized spacial score (nSPS) is 12.5. The van der Waals surface area contributed by atoms with Gasteiger partial charge in [0.1, 0.15) is 11.6 Å². The van der Waals surface area contributed by atoms with Crippen molar-refractivity contribution in [2.24, 2.45) is 0 Å². The van der Waals surface area contributed by atoms with Crippen molar-refractivity contribution in [3.8, 4) is 0 Å². The number of hydrogen-bond donors (Lipinski definition) is 3. The predicted octanol–water partition coefficient (Wildman–Crippen LogP) is 1.63. The molecule has 0 aliphatic rings. The highest BCUT2D eigenvalue weighted by molar-refractivity contribution is 5.50. The van der Waals surface area contributed by atoms with E-state index >= 15 is 0 Å². The third-order valence-corrected chi connectivity index (χ3v) is 3.22. The fourth-order valence-electron chi connectivity index (χ4n) is 1.72. The van der Waals surface area contributed by atoms with E-state index in [9.17, 15) is 0 Å². The molecule has 19 heavy (non-hydrogen) atoms. The number of aromatic nitrogens is 2. The van der Waals surface area contributed by atoms with Crippen molar-refractivity contribution in [2.75, 3.05) is 43.0 Å². The largest absolute Gasteiger partial charge is 0.370 e. The summed E-state index contributed by atoms with van der Waals surface area (Å²) >= 11 is 0. The maximum absolute atomic E-state index is 5.68. The molecule has 1 unspecified atom stereocenters. The second-order valence-corrected chi connectivity index (χ2v) is 4.69. The zero-order valence-corrected chi connectivity index (χ0v) is 12.4. The molecule has 6 heteroatoms. The van der Waals surface area contributed by atoms with Gasteiger partial charge in [-0.1, -0.05) is 6.92 Å². The summed E-state index contributed by atoms with van der Waals surface area (Å²) < 4.78 is 0. The average molecular weight is 266 g/mol. The lowest BCUT2D eigenvalue weighted by Gasteiger charge is -2.23. The minimum Gasteiger partial charge on any atom is -0.370 e. The summed E-state index contributed by atoms with van der Waals surface area (Å²) in [4.78, 5) is 10.6. The van der Waals surface area contributed by atoms with Gasteiger partial charge in [0.15, 0.2) is 0 Å². The minimum atomic E-state index is 0.288. The molecular formula is C13H26N6. The number of nitrogens with zero attached hydrogens (tertiary/aromatic N) is 3. The Bertz CT molecular complexity index is 381. The van der Waals surface area contributed by atoms with Crippen LogP contribution >= 0.6 is 0 Å². The Morgan fingerprint density at radius 1 is 1.26 bits per heavy atom. The lowest BCUT2D eigenvalue weighted by molar-refractivity contribution is 0.261. The van der Waals surface area contributed by atoms with Crippen LogP contribution < -0.4 is 16.4 Å². The molecular weight excluding hydrogens is 240 g/mol. The summed E-state index contributed by atoms with van der Waals surface area (Å²) in [6.45, 7) is 9.06. The number of nitrogen functional groups attached to an aromatic ring is 1. The number of anilines is 3. The van der Waals surface area contributed by atoms with Crippen LogP contribution in [0.15, 0.2) is 6.07 Å². The van der Waals surface area contributed by atoms with Crippen LogP contribution in [0.2, 0.25) is 0 Å². The Balaban J connectivity index is 2.48. The van der Waals surface area contributed by atoms with Crippen LogP contribution in [-0.4, -0.2) is 47.6 Å². The van der Waals surface area contributed by atoms with Crippen molar-refractivity contribution in [1.29, 1.82) is 0 Å². The van der Waals surface area contributed by atoms with Gasteiger partial charge in [0.2, 0.25) is 5.95 Å². The Kier molecular flexibility index (Phi) is 6.35. The molecule has 0 spiro atoms. The Labute approximate surface area is 115 Å². The Hall–Kier alpha value is -1.56. The van der Waals surface area contributed by atoms with Gasteiger partial charge in [0, 0.05) is 31.7 Å². The summed E-state index contributed by atoms with van der Waals surface area (Å²) in [5.74, 6) is 1.81. The molecule has 1 aromatic rings.